The smallest absolute Gasteiger partial charge is 0.241 e. The summed E-state index contributed by atoms with van der Waals surface area (Å²) in [5, 5.41) is 11.5. The summed E-state index contributed by atoms with van der Waals surface area (Å²) in [5.74, 6) is 1.38. The second-order valence-electron chi connectivity index (χ2n) is 4.94. The molecule has 1 aliphatic rings. The number of likely N-dealkylation sites (N-methyl/N-ethyl adjacent to an activating group) is 1. The minimum absolute atomic E-state index is 0.560. The molecule has 6 heteroatoms. The molecule has 0 bridgehead atoms. The largest absolute Gasteiger partial charge is 0.338 e. The van der Waals surface area contributed by atoms with Crippen LogP contribution >= 0.6 is 11.3 Å². The molecule has 19 heavy (non-hydrogen) atoms. The first-order valence-corrected chi connectivity index (χ1v) is 7.53. The second kappa shape index (κ2) is 5.81. The van der Waals surface area contributed by atoms with Crippen LogP contribution in [0.15, 0.2) is 21.3 Å². The molecular weight excluding hydrogens is 260 g/mol. The molecule has 1 N–H and O–H groups in total. The average Bonchev–Trinajstić information content (AvgIpc) is 3.10. The van der Waals surface area contributed by atoms with Crippen molar-refractivity contribution >= 4 is 11.3 Å². The van der Waals surface area contributed by atoms with Crippen molar-refractivity contribution in [2.75, 3.05) is 20.1 Å². The Morgan fingerprint density at radius 2 is 2.53 bits per heavy atom. The molecule has 102 valence electrons. The third-order valence-electron chi connectivity index (χ3n) is 3.53. The fourth-order valence-corrected chi connectivity index (χ4v) is 3.01. The quantitative estimate of drug-likeness (QED) is 0.927. The number of hydrogen-bond acceptors (Lipinski definition) is 6. The van der Waals surface area contributed by atoms with E-state index in [-0.39, 0.29) is 0 Å². The van der Waals surface area contributed by atoms with E-state index in [1.165, 1.54) is 12.8 Å². The van der Waals surface area contributed by atoms with Gasteiger partial charge in [0.1, 0.15) is 0 Å². The number of piperidine rings is 1. The predicted octanol–water partition coefficient (Wildman–Crippen LogP) is 1.98. The van der Waals surface area contributed by atoms with E-state index in [4.69, 9.17) is 4.52 Å². The van der Waals surface area contributed by atoms with E-state index in [0.29, 0.717) is 24.3 Å². The van der Waals surface area contributed by atoms with Gasteiger partial charge in [-0.25, -0.2) is 0 Å². The van der Waals surface area contributed by atoms with Crippen LogP contribution in [0.2, 0.25) is 0 Å². The molecule has 1 unspecified atom stereocenters. The van der Waals surface area contributed by atoms with E-state index in [1.807, 2.05) is 16.8 Å². The highest BCUT2D eigenvalue weighted by Crippen LogP contribution is 2.19. The summed E-state index contributed by atoms with van der Waals surface area (Å²) in [7, 11) is 2.12. The molecule has 0 spiro atoms. The van der Waals surface area contributed by atoms with E-state index in [2.05, 4.69) is 27.4 Å². The number of aromatic nitrogens is 2. The van der Waals surface area contributed by atoms with Crippen LogP contribution in [-0.2, 0) is 6.54 Å². The van der Waals surface area contributed by atoms with Crippen molar-refractivity contribution in [2.24, 2.45) is 0 Å². The summed E-state index contributed by atoms with van der Waals surface area (Å²) in [6, 6.07) is 2.57. The lowest BCUT2D eigenvalue weighted by atomic mass is 10.1. The molecule has 1 aliphatic heterocycles. The highest BCUT2D eigenvalue weighted by molar-refractivity contribution is 7.08. The Bertz CT molecular complexity index is 504. The molecule has 0 radical (unpaired) electrons. The molecule has 3 rings (SSSR count). The topological polar surface area (TPSA) is 54.2 Å². The lowest BCUT2D eigenvalue weighted by Crippen LogP contribution is -2.43. The summed E-state index contributed by atoms with van der Waals surface area (Å²) in [6.07, 6.45) is 2.47. The number of hydrogen-bond donors (Lipinski definition) is 1. The molecule has 1 fully saturated rings. The van der Waals surface area contributed by atoms with Gasteiger partial charge in [0.05, 0.1) is 6.54 Å². The molecule has 2 aromatic rings. The van der Waals surface area contributed by atoms with Crippen LogP contribution in [0.3, 0.4) is 0 Å². The Hall–Kier alpha value is -1.24. The maximum absolute atomic E-state index is 5.33. The zero-order chi connectivity index (χ0) is 13.1. The Morgan fingerprint density at radius 1 is 1.58 bits per heavy atom. The van der Waals surface area contributed by atoms with Crippen molar-refractivity contribution in [1.82, 2.24) is 20.4 Å². The molecule has 0 aliphatic carbocycles. The molecule has 0 aromatic carbocycles. The monoisotopic (exact) mass is 278 g/mol. The molecule has 1 atom stereocenters. The molecule has 2 aromatic heterocycles. The third kappa shape index (κ3) is 3.02. The summed E-state index contributed by atoms with van der Waals surface area (Å²) >= 11 is 1.64. The highest BCUT2D eigenvalue weighted by atomic mass is 32.1. The highest BCUT2D eigenvalue weighted by Gasteiger charge is 2.20. The van der Waals surface area contributed by atoms with Crippen molar-refractivity contribution < 1.29 is 4.52 Å². The molecular formula is C13H18N4OS. The van der Waals surface area contributed by atoms with Gasteiger partial charge in [-0.05, 0) is 37.9 Å². The van der Waals surface area contributed by atoms with Crippen molar-refractivity contribution in [3.8, 4) is 11.4 Å². The maximum Gasteiger partial charge on any atom is 0.241 e. The van der Waals surface area contributed by atoms with Crippen molar-refractivity contribution in [2.45, 2.75) is 25.4 Å². The van der Waals surface area contributed by atoms with Crippen molar-refractivity contribution in [3.05, 3.63) is 22.7 Å². The summed E-state index contributed by atoms with van der Waals surface area (Å²) in [4.78, 5) is 6.74. The number of nitrogens with one attached hydrogen (secondary N) is 1. The Labute approximate surface area is 116 Å². The summed E-state index contributed by atoms with van der Waals surface area (Å²) in [5.41, 5.74) is 1.03. The van der Waals surface area contributed by atoms with E-state index < -0.39 is 0 Å². The molecule has 5 nitrogen and oxygen atoms in total. The lowest BCUT2D eigenvalue weighted by Gasteiger charge is -2.30. The van der Waals surface area contributed by atoms with Crippen LogP contribution < -0.4 is 5.32 Å². The van der Waals surface area contributed by atoms with Crippen molar-refractivity contribution in [1.29, 1.82) is 0 Å². The van der Waals surface area contributed by atoms with E-state index in [0.717, 1.165) is 18.7 Å². The van der Waals surface area contributed by atoms with Gasteiger partial charge in [0, 0.05) is 23.5 Å². The normalized spacial score (nSPS) is 20.0. The standard InChI is InChI=1S/C13H18N4OS/c1-17(11-3-2-5-14-7-11)8-12-15-13(16-18-12)10-4-6-19-9-10/h4,6,9,11,14H,2-3,5,7-8H2,1H3. The Morgan fingerprint density at radius 3 is 3.26 bits per heavy atom. The SMILES string of the molecule is CN(Cc1nc(-c2ccsc2)no1)C1CCCNC1. The zero-order valence-electron chi connectivity index (χ0n) is 11.0. The van der Waals surface area contributed by atoms with Gasteiger partial charge in [0.2, 0.25) is 11.7 Å². The molecule has 1 saturated heterocycles. The van der Waals surface area contributed by atoms with Crippen molar-refractivity contribution in [3.63, 3.8) is 0 Å². The lowest BCUT2D eigenvalue weighted by molar-refractivity contribution is 0.174. The zero-order valence-corrected chi connectivity index (χ0v) is 11.8. The number of thiophene rings is 1. The van der Waals surface area contributed by atoms with Gasteiger partial charge in [0.25, 0.3) is 0 Å². The fourth-order valence-electron chi connectivity index (χ4n) is 2.38. The van der Waals surface area contributed by atoms with Crippen LogP contribution in [0.1, 0.15) is 18.7 Å². The van der Waals surface area contributed by atoms with Crippen LogP contribution in [0.4, 0.5) is 0 Å². The average molecular weight is 278 g/mol. The first-order chi connectivity index (χ1) is 9.33. The molecule has 3 heterocycles. The first-order valence-electron chi connectivity index (χ1n) is 6.59. The van der Waals surface area contributed by atoms with Crippen LogP contribution in [0.25, 0.3) is 11.4 Å². The van der Waals surface area contributed by atoms with Crippen LogP contribution in [-0.4, -0.2) is 41.2 Å². The van der Waals surface area contributed by atoms with Gasteiger partial charge >= 0.3 is 0 Å². The minimum Gasteiger partial charge on any atom is -0.338 e. The Kier molecular flexibility index (Phi) is 3.91. The van der Waals surface area contributed by atoms with E-state index in [9.17, 15) is 0 Å². The van der Waals surface area contributed by atoms with Gasteiger partial charge in [-0.3, -0.25) is 4.90 Å². The number of rotatable bonds is 4. The summed E-state index contributed by atoms with van der Waals surface area (Å²) in [6.45, 7) is 2.89. The number of nitrogens with zero attached hydrogens (tertiary/aromatic N) is 3. The van der Waals surface area contributed by atoms with Crippen LogP contribution in [0, 0.1) is 0 Å². The van der Waals surface area contributed by atoms with Gasteiger partial charge < -0.3 is 9.84 Å². The Balaban J connectivity index is 1.63. The first kappa shape index (κ1) is 12.8. The van der Waals surface area contributed by atoms with E-state index >= 15 is 0 Å². The third-order valence-corrected chi connectivity index (χ3v) is 4.21. The van der Waals surface area contributed by atoms with Gasteiger partial charge in [-0.2, -0.15) is 16.3 Å². The van der Waals surface area contributed by atoms with Gasteiger partial charge in [-0.15, -0.1) is 0 Å². The molecule has 0 saturated carbocycles. The van der Waals surface area contributed by atoms with E-state index in [1.54, 1.807) is 11.3 Å². The van der Waals surface area contributed by atoms with Gasteiger partial charge in [0.15, 0.2) is 0 Å². The van der Waals surface area contributed by atoms with Crippen LogP contribution in [0.5, 0.6) is 0 Å². The fraction of sp³-hybridized carbons (Fsp3) is 0.538. The molecule has 0 amide bonds. The maximum atomic E-state index is 5.33. The summed E-state index contributed by atoms with van der Waals surface area (Å²) < 4.78 is 5.33. The van der Waals surface area contributed by atoms with Gasteiger partial charge in [-0.1, -0.05) is 5.16 Å². The second-order valence-corrected chi connectivity index (χ2v) is 5.72. The minimum atomic E-state index is 0.560. The predicted molar refractivity (Wildman–Crippen MR) is 75.0 cm³/mol.